The van der Waals surface area contributed by atoms with Crippen LogP contribution in [0.4, 0.5) is 5.69 Å². The van der Waals surface area contributed by atoms with Crippen molar-refractivity contribution in [3.8, 4) is 0 Å². The second-order valence-corrected chi connectivity index (χ2v) is 2.69. The average molecular weight is 163 g/mol. The van der Waals surface area contributed by atoms with Crippen molar-refractivity contribution in [3.63, 3.8) is 0 Å². The summed E-state index contributed by atoms with van der Waals surface area (Å²) in [6, 6.07) is 5.65. The van der Waals surface area contributed by atoms with Gasteiger partial charge < -0.3 is 11.1 Å². The zero-order valence-electron chi connectivity index (χ0n) is 7.31. The van der Waals surface area contributed by atoms with Gasteiger partial charge in [-0.05, 0) is 30.7 Å². The first-order valence-electron chi connectivity index (χ1n) is 3.78. The van der Waals surface area contributed by atoms with E-state index in [1.54, 1.807) is 0 Å². The number of nitrogen functional groups attached to an aromatic ring is 1. The highest BCUT2D eigenvalue weighted by atomic mass is 14.8. The van der Waals surface area contributed by atoms with Crippen molar-refractivity contribution in [2.45, 2.75) is 6.92 Å². The van der Waals surface area contributed by atoms with Crippen LogP contribution in [-0.2, 0) is 0 Å². The summed E-state index contributed by atoms with van der Waals surface area (Å²) < 4.78 is 0. The Morgan fingerprint density at radius 2 is 2.17 bits per heavy atom. The molecule has 3 nitrogen and oxygen atoms in total. The van der Waals surface area contributed by atoms with Gasteiger partial charge in [-0.2, -0.15) is 0 Å². The van der Waals surface area contributed by atoms with Gasteiger partial charge in [-0.3, -0.25) is 5.41 Å². The van der Waals surface area contributed by atoms with Gasteiger partial charge >= 0.3 is 0 Å². The third kappa shape index (κ3) is 1.56. The van der Waals surface area contributed by atoms with Crippen molar-refractivity contribution in [2.75, 3.05) is 12.4 Å². The van der Waals surface area contributed by atoms with E-state index < -0.39 is 0 Å². The van der Waals surface area contributed by atoms with E-state index in [1.807, 2.05) is 32.2 Å². The summed E-state index contributed by atoms with van der Waals surface area (Å²) in [6.45, 7) is 1.98. The smallest absolute Gasteiger partial charge is 0.122 e. The minimum atomic E-state index is 0.112. The zero-order chi connectivity index (χ0) is 9.14. The van der Waals surface area contributed by atoms with Crippen molar-refractivity contribution in [1.82, 2.24) is 0 Å². The van der Waals surface area contributed by atoms with Crippen LogP contribution in [0.15, 0.2) is 18.2 Å². The molecule has 0 unspecified atom stereocenters. The van der Waals surface area contributed by atoms with E-state index in [0.29, 0.717) is 0 Å². The van der Waals surface area contributed by atoms with Crippen LogP contribution in [0, 0.1) is 12.3 Å². The largest absolute Gasteiger partial charge is 0.388 e. The van der Waals surface area contributed by atoms with Crippen LogP contribution in [0.3, 0.4) is 0 Å². The summed E-state index contributed by atoms with van der Waals surface area (Å²) in [5.74, 6) is 0.112. The number of rotatable bonds is 2. The van der Waals surface area contributed by atoms with Gasteiger partial charge in [0.2, 0.25) is 0 Å². The third-order valence-corrected chi connectivity index (χ3v) is 1.81. The van der Waals surface area contributed by atoms with Gasteiger partial charge in [-0.25, -0.2) is 0 Å². The lowest BCUT2D eigenvalue weighted by Gasteiger charge is -2.06. The first kappa shape index (κ1) is 8.59. The van der Waals surface area contributed by atoms with Gasteiger partial charge in [0.05, 0.1) is 0 Å². The number of hydrogen-bond donors (Lipinski definition) is 3. The number of benzene rings is 1. The van der Waals surface area contributed by atoms with Gasteiger partial charge in [0.15, 0.2) is 0 Å². The Kier molecular flexibility index (Phi) is 2.33. The van der Waals surface area contributed by atoms with E-state index in [2.05, 4.69) is 5.32 Å². The maximum absolute atomic E-state index is 7.22. The quantitative estimate of drug-likeness (QED) is 0.455. The Morgan fingerprint density at radius 1 is 1.50 bits per heavy atom. The Hall–Kier alpha value is -1.51. The predicted octanol–water partition coefficient (Wildman–Crippen LogP) is 1.32. The number of hydrogen-bond acceptors (Lipinski definition) is 2. The molecule has 0 aromatic heterocycles. The van der Waals surface area contributed by atoms with Crippen LogP contribution in [-0.4, -0.2) is 12.9 Å². The van der Waals surface area contributed by atoms with E-state index in [-0.39, 0.29) is 5.84 Å². The van der Waals surface area contributed by atoms with Gasteiger partial charge in [-0.1, -0.05) is 0 Å². The Balaban J connectivity index is 3.10. The highest BCUT2D eigenvalue weighted by Gasteiger charge is 1.99. The molecule has 0 saturated heterocycles. The van der Waals surface area contributed by atoms with Crippen LogP contribution in [0.2, 0.25) is 0 Å². The van der Waals surface area contributed by atoms with Crippen molar-refractivity contribution >= 4 is 11.5 Å². The molecule has 4 N–H and O–H groups in total. The molecule has 1 aromatic rings. The first-order valence-corrected chi connectivity index (χ1v) is 3.78. The monoisotopic (exact) mass is 163 g/mol. The van der Waals surface area contributed by atoms with Gasteiger partial charge in [-0.15, -0.1) is 0 Å². The molecule has 1 rings (SSSR count). The Morgan fingerprint density at radius 3 is 2.58 bits per heavy atom. The molecule has 0 aliphatic heterocycles. The second kappa shape index (κ2) is 3.26. The summed E-state index contributed by atoms with van der Waals surface area (Å²) in [6.07, 6.45) is 0. The summed E-state index contributed by atoms with van der Waals surface area (Å²) in [5.41, 5.74) is 8.28. The molecule has 3 heteroatoms. The van der Waals surface area contributed by atoms with E-state index in [0.717, 1.165) is 16.8 Å². The number of nitrogens with one attached hydrogen (secondary N) is 2. The number of nitrogens with two attached hydrogens (primary N) is 1. The molecule has 0 atom stereocenters. The molecule has 64 valence electrons. The van der Waals surface area contributed by atoms with Crippen molar-refractivity contribution in [1.29, 1.82) is 5.41 Å². The van der Waals surface area contributed by atoms with Crippen LogP contribution >= 0.6 is 0 Å². The molecule has 0 aliphatic rings. The molecule has 1 aromatic carbocycles. The van der Waals surface area contributed by atoms with E-state index in [9.17, 15) is 0 Å². The van der Waals surface area contributed by atoms with Crippen LogP contribution in [0.5, 0.6) is 0 Å². The Labute approximate surface area is 72.1 Å². The minimum Gasteiger partial charge on any atom is -0.388 e. The Bertz CT molecular complexity index is 305. The maximum Gasteiger partial charge on any atom is 0.122 e. The zero-order valence-corrected chi connectivity index (χ0v) is 7.31. The normalized spacial score (nSPS) is 9.50. The van der Waals surface area contributed by atoms with Crippen LogP contribution in [0.25, 0.3) is 0 Å². The minimum absolute atomic E-state index is 0.112. The topological polar surface area (TPSA) is 61.9 Å². The van der Waals surface area contributed by atoms with Gasteiger partial charge in [0.1, 0.15) is 5.84 Å². The fourth-order valence-electron chi connectivity index (χ4n) is 1.11. The van der Waals surface area contributed by atoms with Crippen LogP contribution in [0.1, 0.15) is 11.1 Å². The first-order chi connectivity index (χ1) is 5.65. The van der Waals surface area contributed by atoms with Crippen molar-refractivity contribution in [3.05, 3.63) is 29.3 Å². The van der Waals surface area contributed by atoms with Gasteiger partial charge in [0, 0.05) is 18.3 Å². The molecular weight excluding hydrogens is 150 g/mol. The lowest BCUT2D eigenvalue weighted by atomic mass is 10.1. The van der Waals surface area contributed by atoms with E-state index in [4.69, 9.17) is 11.1 Å². The van der Waals surface area contributed by atoms with Gasteiger partial charge in [0.25, 0.3) is 0 Å². The summed E-state index contributed by atoms with van der Waals surface area (Å²) in [4.78, 5) is 0. The highest BCUT2D eigenvalue weighted by Crippen LogP contribution is 2.14. The molecular formula is C9H13N3. The average Bonchev–Trinajstić information content (AvgIpc) is 2.04. The molecule has 0 fully saturated rings. The molecule has 0 amide bonds. The molecule has 0 aliphatic carbocycles. The SMILES string of the molecule is CNc1ccc(C(=N)N)cc1C. The molecule has 0 saturated carbocycles. The van der Waals surface area contributed by atoms with E-state index in [1.165, 1.54) is 0 Å². The molecule has 12 heavy (non-hydrogen) atoms. The molecule has 0 heterocycles. The molecule has 0 bridgehead atoms. The van der Waals surface area contributed by atoms with Crippen molar-refractivity contribution in [2.24, 2.45) is 5.73 Å². The highest BCUT2D eigenvalue weighted by molar-refractivity contribution is 5.95. The summed E-state index contributed by atoms with van der Waals surface area (Å²) in [7, 11) is 1.87. The standard InChI is InChI=1S/C9H13N3/c1-6-5-7(9(10)11)3-4-8(6)12-2/h3-5,12H,1-2H3,(H3,10,11). The number of aryl methyl sites for hydroxylation is 1. The number of amidine groups is 1. The predicted molar refractivity (Wildman–Crippen MR) is 51.7 cm³/mol. The summed E-state index contributed by atoms with van der Waals surface area (Å²) in [5, 5.41) is 10.3. The number of anilines is 1. The fraction of sp³-hybridized carbons (Fsp3) is 0.222. The third-order valence-electron chi connectivity index (χ3n) is 1.81. The maximum atomic E-state index is 7.22. The lowest BCUT2D eigenvalue weighted by Crippen LogP contribution is -2.11. The molecule has 0 radical (unpaired) electrons. The molecule has 0 spiro atoms. The van der Waals surface area contributed by atoms with Crippen molar-refractivity contribution < 1.29 is 0 Å². The summed E-state index contributed by atoms with van der Waals surface area (Å²) >= 11 is 0. The fourth-order valence-corrected chi connectivity index (χ4v) is 1.11. The second-order valence-electron chi connectivity index (χ2n) is 2.69. The lowest BCUT2D eigenvalue weighted by molar-refractivity contribution is 1.37. The van der Waals surface area contributed by atoms with Crippen LogP contribution < -0.4 is 11.1 Å². The van der Waals surface area contributed by atoms with E-state index >= 15 is 0 Å².